The zero-order valence-corrected chi connectivity index (χ0v) is 12.5. The van der Waals surface area contributed by atoms with Crippen LogP contribution < -0.4 is 5.32 Å². The number of rotatable bonds is 6. The first-order chi connectivity index (χ1) is 10.3. The Morgan fingerprint density at radius 1 is 1.05 bits per heavy atom. The SMILES string of the molecule is CCCc1ccc(-c2ccc(F)c(CNC3CC3)c2)cc1. The molecule has 0 atom stereocenters. The minimum atomic E-state index is -0.116. The van der Waals surface area contributed by atoms with Gasteiger partial charge in [-0.2, -0.15) is 0 Å². The Hall–Kier alpha value is -1.67. The predicted molar refractivity (Wildman–Crippen MR) is 85.7 cm³/mol. The smallest absolute Gasteiger partial charge is 0.127 e. The van der Waals surface area contributed by atoms with Crippen LogP contribution in [-0.4, -0.2) is 6.04 Å². The van der Waals surface area contributed by atoms with Gasteiger partial charge in [0.05, 0.1) is 0 Å². The Bertz CT molecular complexity index is 599. The van der Waals surface area contributed by atoms with Crippen LogP contribution in [0.15, 0.2) is 42.5 Å². The summed E-state index contributed by atoms with van der Waals surface area (Å²) in [4.78, 5) is 0. The fraction of sp³-hybridized carbons (Fsp3) is 0.368. The summed E-state index contributed by atoms with van der Waals surface area (Å²) in [5.74, 6) is -0.116. The molecule has 21 heavy (non-hydrogen) atoms. The lowest BCUT2D eigenvalue weighted by Gasteiger charge is -2.09. The summed E-state index contributed by atoms with van der Waals surface area (Å²) >= 11 is 0. The van der Waals surface area contributed by atoms with E-state index in [0.717, 1.165) is 29.5 Å². The molecule has 1 saturated carbocycles. The summed E-state index contributed by atoms with van der Waals surface area (Å²) in [6.07, 6.45) is 4.72. The van der Waals surface area contributed by atoms with Gasteiger partial charge in [-0.3, -0.25) is 0 Å². The van der Waals surface area contributed by atoms with Gasteiger partial charge in [0, 0.05) is 18.2 Å². The quantitative estimate of drug-likeness (QED) is 0.810. The Labute approximate surface area is 126 Å². The lowest BCUT2D eigenvalue weighted by molar-refractivity contribution is 0.587. The van der Waals surface area contributed by atoms with Crippen molar-refractivity contribution in [3.05, 3.63) is 59.4 Å². The van der Waals surface area contributed by atoms with Gasteiger partial charge in [0.25, 0.3) is 0 Å². The molecule has 1 aliphatic carbocycles. The average Bonchev–Trinajstić information content (AvgIpc) is 3.32. The predicted octanol–water partition coefficient (Wildman–Crippen LogP) is 4.70. The van der Waals surface area contributed by atoms with Crippen molar-refractivity contribution in [1.29, 1.82) is 0 Å². The van der Waals surface area contributed by atoms with Crippen LogP contribution in [0.3, 0.4) is 0 Å². The topological polar surface area (TPSA) is 12.0 Å². The molecule has 1 aliphatic rings. The van der Waals surface area contributed by atoms with E-state index in [4.69, 9.17) is 0 Å². The molecule has 2 aromatic carbocycles. The second-order valence-corrected chi connectivity index (χ2v) is 5.91. The number of nitrogens with one attached hydrogen (secondary N) is 1. The van der Waals surface area contributed by atoms with E-state index in [2.05, 4.69) is 36.5 Å². The Kier molecular flexibility index (Phi) is 4.35. The van der Waals surface area contributed by atoms with Crippen molar-refractivity contribution >= 4 is 0 Å². The van der Waals surface area contributed by atoms with E-state index in [1.807, 2.05) is 12.1 Å². The fourth-order valence-corrected chi connectivity index (χ4v) is 2.58. The van der Waals surface area contributed by atoms with Crippen LogP contribution in [0.2, 0.25) is 0 Å². The highest BCUT2D eigenvalue weighted by Crippen LogP contribution is 2.24. The van der Waals surface area contributed by atoms with Crippen molar-refractivity contribution in [2.24, 2.45) is 0 Å². The molecular weight excluding hydrogens is 261 g/mol. The average molecular weight is 283 g/mol. The number of aryl methyl sites for hydroxylation is 1. The van der Waals surface area contributed by atoms with Crippen molar-refractivity contribution in [2.75, 3.05) is 0 Å². The highest BCUT2D eigenvalue weighted by molar-refractivity contribution is 5.64. The zero-order valence-electron chi connectivity index (χ0n) is 12.5. The summed E-state index contributed by atoms with van der Waals surface area (Å²) in [7, 11) is 0. The first kappa shape index (κ1) is 14.3. The van der Waals surface area contributed by atoms with E-state index in [0.29, 0.717) is 12.6 Å². The molecule has 0 bridgehead atoms. The summed E-state index contributed by atoms with van der Waals surface area (Å²) < 4.78 is 13.9. The highest BCUT2D eigenvalue weighted by Gasteiger charge is 2.20. The molecule has 1 fully saturated rings. The second kappa shape index (κ2) is 6.40. The van der Waals surface area contributed by atoms with E-state index in [-0.39, 0.29) is 5.82 Å². The van der Waals surface area contributed by atoms with Crippen molar-refractivity contribution in [3.63, 3.8) is 0 Å². The largest absolute Gasteiger partial charge is 0.310 e. The third-order valence-electron chi connectivity index (χ3n) is 4.03. The van der Waals surface area contributed by atoms with Gasteiger partial charge in [-0.25, -0.2) is 4.39 Å². The fourth-order valence-electron chi connectivity index (χ4n) is 2.58. The molecule has 2 heteroatoms. The highest BCUT2D eigenvalue weighted by atomic mass is 19.1. The van der Waals surface area contributed by atoms with Crippen LogP contribution in [0.25, 0.3) is 11.1 Å². The maximum atomic E-state index is 13.9. The molecule has 0 unspecified atom stereocenters. The minimum Gasteiger partial charge on any atom is -0.310 e. The number of hydrogen-bond donors (Lipinski definition) is 1. The summed E-state index contributed by atoms with van der Waals surface area (Å²) in [5.41, 5.74) is 4.37. The molecular formula is C19H22FN. The lowest BCUT2D eigenvalue weighted by Crippen LogP contribution is -2.16. The normalized spacial score (nSPS) is 14.4. The van der Waals surface area contributed by atoms with Crippen molar-refractivity contribution in [2.45, 2.75) is 45.2 Å². The third kappa shape index (κ3) is 3.70. The van der Waals surface area contributed by atoms with Crippen LogP contribution in [-0.2, 0) is 13.0 Å². The lowest BCUT2D eigenvalue weighted by atomic mass is 10.0. The van der Waals surface area contributed by atoms with Crippen LogP contribution in [0.1, 0.15) is 37.3 Å². The number of hydrogen-bond acceptors (Lipinski definition) is 1. The van der Waals surface area contributed by atoms with Crippen LogP contribution in [0.4, 0.5) is 4.39 Å². The Morgan fingerprint density at radius 3 is 2.43 bits per heavy atom. The zero-order chi connectivity index (χ0) is 14.7. The molecule has 1 N–H and O–H groups in total. The summed E-state index contributed by atoms with van der Waals surface area (Å²) in [5, 5.41) is 3.38. The van der Waals surface area contributed by atoms with Gasteiger partial charge in [0.2, 0.25) is 0 Å². The van der Waals surface area contributed by atoms with Gasteiger partial charge in [-0.1, -0.05) is 43.7 Å². The maximum absolute atomic E-state index is 13.9. The Balaban J connectivity index is 1.78. The molecule has 2 aromatic rings. The van der Waals surface area contributed by atoms with Gasteiger partial charge in [-0.15, -0.1) is 0 Å². The van der Waals surface area contributed by atoms with E-state index in [1.54, 1.807) is 6.07 Å². The first-order valence-electron chi connectivity index (χ1n) is 7.87. The van der Waals surface area contributed by atoms with Crippen LogP contribution in [0.5, 0.6) is 0 Å². The summed E-state index contributed by atoms with van der Waals surface area (Å²) in [6, 6.07) is 14.6. The maximum Gasteiger partial charge on any atom is 0.127 e. The van der Waals surface area contributed by atoms with E-state index in [1.165, 1.54) is 18.4 Å². The molecule has 0 radical (unpaired) electrons. The van der Waals surface area contributed by atoms with Gasteiger partial charge in [0.15, 0.2) is 0 Å². The second-order valence-electron chi connectivity index (χ2n) is 5.91. The molecule has 110 valence electrons. The molecule has 0 aliphatic heterocycles. The number of halogens is 1. The molecule has 0 aromatic heterocycles. The van der Waals surface area contributed by atoms with E-state index >= 15 is 0 Å². The van der Waals surface area contributed by atoms with Gasteiger partial charge >= 0.3 is 0 Å². The van der Waals surface area contributed by atoms with Gasteiger partial charge in [0.1, 0.15) is 5.82 Å². The molecule has 0 heterocycles. The molecule has 0 amide bonds. The van der Waals surface area contributed by atoms with Crippen LogP contribution >= 0.6 is 0 Å². The molecule has 3 rings (SSSR count). The van der Waals surface area contributed by atoms with Crippen molar-refractivity contribution in [1.82, 2.24) is 5.32 Å². The van der Waals surface area contributed by atoms with Gasteiger partial charge < -0.3 is 5.32 Å². The molecule has 1 nitrogen and oxygen atoms in total. The van der Waals surface area contributed by atoms with E-state index < -0.39 is 0 Å². The standard InChI is InChI=1S/C19H22FN/c1-2-3-14-4-6-15(7-5-14)16-8-11-19(20)17(12-16)13-21-18-9-10-18/h4-8,11-12,18,21H,2-3,9-10,13H2,1H3. The first-order valence-corrected chi connectivity index (χ1v) is 7.87. The van der Waals surface area contributed by atoms with Crippen LogP contribution in [0, 0.1) is 5.82 Å². The molecule has 0 spiro atoms. The Morgan fingerprint density at radius 2 is 1.76 bits per heavy atom. The van der Waals surface area contributed by atoms with Crippen molar-refractivity contribution < 1.29 is 4.39 Å². The molecule has 0 saturated heterocycles. The summed E-state index contributed by atoms with van der Waals surface area (Å²) in [6.45, 7) is 2.81. The number of benzene rings is 2. The van der Waals surface area contributed by atoms with E-state index in [9.17, 15) is 4.39 Å². The van der Waals surface area contributed by atoms with Crippen molar-refractivity contribution in [3.8, 4) is 11.1 Å². The monoisotopic (exact) mass is 283 g/mol. The third-order valence-corrected chi connectivity index (χ3v) is 4.03. The minimum absolute atomic E-state index is 0.116. The van der Waals surface area contributed by atoms with Gasteiger partial charge in [-0.05, 0) is 48.1 Å².